The van der Waals surface area contributed by atoms with Gasteiger partial charge in [-0.05, 0) is 25.8 Å². The highest BCUT2D eigenvalue weighted by Gasteiger charge is 2.24. The molecule has 0 bridgehead atoms. The second kappa shape index (κ2) is 4.51. The van der Waals surface area contributed by atoms with Crippen molar-refractivity contribution >= 4 is 6.03 Å². The Hall–Kier alpha value is -1.58. The molecule has 1 aromatic rings. The number of halogens is 1. The quantitative estimate of drug-likeness (QED) is 0.809. The molecule has 3 nitrogen and oxygen atoms in total. The normalized spacial score (nSPS) is 16.6. The molecule has 0 heterocycles. The van der Waals surface area contributed by atoms with Crippen molar-refractivity contribution in [3.63, 3.8) is 0 Å². The molecule has 16 heavy (non-hydrogen) atoms. The Morgan fingerprint density at radius 1 is 1.44 bits per heavy atom. The zero-order valence-corrected chi connectivity index (χ0v) is 9.16. The number of amides is 2. The molecular formula is C12H15FN2O. The first-order valence-corrected chi connectivity index (χ1v) is 5.48. The van der Waals surface area contributed by atoms with E-state index in [9.17, 15) is 9.18 Å². The van der Waals surface area contributed by atoms with Gasteiger partial charge in [0, 0.05) is 11.6 Å². The van der Waals surface area contributed by atoms with E-state index in [1.54, 1.807) is 25.1 Å². The van der Waals surface area contributed by atoms with Crippen LogP contribution in [-0.2, 0) is 0 Å². The zero-order chi connectivity index (χ0) is 11.5. The number of urea groups is 1. The van der Waals surface area contributed by atoms with Gasteiger partial charge in [0.25, 0.3) is 0 Å². The van der Waals surface area contributed by atoms with E-state index < -0.39 is 0 Å². The molecule has 1 aromatic carbocycles. The first-order valence-electron chi connectivity index (χ1n) is 5.48. The van der Waals surface area contributed by atoms with Crippen molar-refractivity contribution < 1.29 is 9.18 Å². The van der Waals surface area contributed by atoms with Crippen LogP contribution in [0.3, 0.4) is 0 Å². The van der Waals surface area contributed by atoms with Crippen molar-refractivity contribution in [2.24, 2.45) is 0 Å². The maximum absolute atomic E-state index is 13.4. The summed E-state index contributed by atoms with van der Waals surface area (Å²) >= 11 is 0. The van der Waals surface area contributed by atoms with E-state index in [4.69, 9.17) is 0 Å². The summed E-state index contributed by atoms with van der Waals surface area (Å²) in [5.74, 6) is -0.290. The Kier molecular flexibility index (Phi) is 3.08. The van der Waals surface area contributed by atoms with Crippen LogP contribution in [-0.4, -0.2) is 12.1 Å². The standard InChI is InChI=1S/C12H15FN2O/c1-8(10-4-2-3-5-11(10)13)14-12(16)15-9-6-7-9/h2-5,8-9H,6-7H2,1H3,(H2,14,15,16). The lowest BCUT2D eigenvalue weighted by Gasteiger charge is -2.15. The summed E-state index contributed by atoms with van der Waals surface area (Å²) < 4.78 is 13.4. The first kappa shape index (κ1) is 10.9. The number of hydrogen-bond acceptors (Lipinski definition) is 1. The molecule has 0 aliphatic heterocycles. The third-order valence-electron chi connectivity index (χ3n) is 2.63. The molecule has 2 amide bonds. The van der Waals surface area contributed by atoms with E-state index in [1.165, 1.54) is 6.07 Å². The molecule has 1 saturated carbocycles. The summed E-state index contributed by atoms with van der Waals surface area (Å²) in [7, 11) is 0. The molecule has 0 spiro atoms. The topological polar surface area (TPSA) is 41.1 Å². The fraction of sp³-hybridized carbons (Fsp3) is 0.417. The van der Waals surface area contributed by atoms with Gasteiger partial charge in [0.15, 0.2) is 0 Å². The largest absolute Gasteiger partial charge is 0.335 e. The van der Waals surface area contributed by atoms with Gasteiger partial charge in [0.2, 0.25) is 0 Å². The number of carbonyl (C=O) groups is 1. The van der Waals surface area contributed by atoms with Crippen LogP contribution in [0.5, 0.6) is 0 Å². The van der Waals surface area contributed by atoms with E-state index >= 15 is 0 Å². The van der Waals surface area contributed by atoms with E-state index in [0.717, 1.165) is 12.8 Å². The molecule has 1 aliphatic rings. The van der Waals surface area contributed by atoms with Crippen LogP contribution in [0.15, 0.2) is 24.3 Å². The minimum Gasteiger partial charge on any atom is -0.335 e. The maximum atomic E-state index is 13.4. The average Bonchev–Trinajstić information content (AvgIpc) is 3.01. The van der Waals surface area contributed by atoms with Gasteiger partial charge in [-0.2, -0.15) is 0 Å². The highest BCUT2D eigenvalue weighted by molar-refractivity contribution is 5.75. The molecule has 86 valence electrons. The second-order valence-corrected chi connectivity index (χ2v) is 4.14. The highest BCUT2D eigenvalue weighted by atomic mass is 19.1. The van der Waals surface area contributed by atoms with Gasteiger partial charge in [-0.15, -0.1) is 0 Å². The van der Waals surface area contributed by atoms with Crippen molar-refractivity contribution in [2.75, 3.05) is 0 Å². The van der Waals surface area contributed by atoms with Crippen LogP contribution in [0.2, 0.25) is 0 Å². The van der Waals surface area contributed by atoms with Gasteiger partial charge >= 0.3 is 6.03 Å². The Morgan fingerprint density at radius 2 is 2.12 bits per heavy atom. The molecular weight excluding hydrogens is 207 g/mol. The van der Waals surface area contributed by atoms with Gasteiger partial charge in [0.1, 0.15) is 5.82 Å². The summed E-state index contributed by atoms with van der Waals surface area (Å²) in [6.45, 7) is 1.77. The zero-order valence-electron chi connectivity index (χ0n) is 9.16. The summed E-state index contributed by atoms with van der Waals surface area (Å²) in [6.07, 6.45) is 2.09. The summed E-state index contributed by atoms with van der Waals surface area (Å²) in [5.41, 5.74) is 0.508. The van der Waals surface area contributed by atoms with Gasteiger partial charge in [0.05, 0.1) is 6.04 Å². The van der Waals surface area contributed by atoms with E-state index in [2.05, 4.69) is 10.6 Å². The third-order valence-corrected chi connectivity index (χ3v) is 2.63. The van der Waals surface area contributed by atoms with E-state index in [-0.39, 0.29) is 17.9 Å². The summed E-state index contributed by atoms with van der Waals surface area (Å²) in [4.78, 5) is 11.4. The van der Waals surface area contributed by atoms with Crippen molar-refractivity contribution in [1.82, 2.24) is 10.6 Å². The average molecular weight is 222 g/mol. The van der Waals surface area contributed by atoms with Gasteiger partial charge in [-0.1, -0.05) is 18.2 Å². The Morgan fingerprint density at radius 3 is 2.75 bits per heavy atom. The summed E-state index contributed by atoms with van der Waals surface area (Å²) in [6, 6.07) is 6.24. The molecule has 4 heteroatoms. The van der Waals surface area contributed by atoms with Crippen LogP contribution in [0.1, 0.15) is 31.4 Å². The number of hydrogen-bond donors (Lipinski definition) is 2. The fourth-order valence-electron chi connectivity index (χ4n) is 1.56. The number of carbonyl (C=O) groups excluding carboxylic acids is 1. The van der Waals surface area contributed by atoms with Crippen molar-refractivity contribution in [3.8, 4) is 0 Å². The predicted molar refractivity (Wildman–Crippen MR) is 59.5 cm³/mol. The summed E-state index contributed by atoms with van der Waals surface area (Å²) in [5, 5.41) is 5.52. The highest BCUT2D eigenvalue weighted by Crippen LogP contribution is 2.19. The lowest BCUT2D eigenvalue weighted by atomic mass is 10.1. The van der Waals surface area contributed by atoms with Crippen molar-refractivity contribution in [2.45, 2.75) is 31.8 Å². The molecule has 1 atom stereocenters. The van der Waals surface area contributed by atoms with Crippen LogP contribution >= 0.6 is 0 Å². The molecule has 1 unspecified atom stereocenters. The van der Waals surface area contributed by atoms with Crippen LogP contribution in [0.4, 0.5) is 9.18 Å². The van der Waals surface area contributed by atoms with Gasteiger partial charge in [-0.25, -0.2) is 9.18 Å². The minimum absolute atomic E-state index is 0.224. The smallest absolute Gasteiger partial charge is 0.315 e. The van der Waals surface area contributed by atoms with Gasteiger partial charge < -0.3 is 10.6 Å². The Bertz CT molecular complexity index is 390. The van der Waals surface area contributed by atoms with Crippen molar-refractivity contribution in [1.29, 1.82) is 0 Å². The lowest BCUT2D eigenvalue weighted by Crippen LogP contribution is -2.38. The molecule has 0 saturated heterocycles. The molecule has 2 rings (SSSR count). The molecule has 2 N–H and O–H groups in total. The number of nitrogens with one attached hydrogen (secondary N) is 2. The molecule has 0 aromatic heterocycles. The third kappa shape index (κ3) is 2.72. The number of rotatable bonds is 3. The molecule has 1 aliphatic carbocycles. The van der Waals surface area contributed by atoms with Gasteiger partial charge in [-0.3, -0.25) is 0 Å². The molecule has 1 fully saturated rings. The van der Waals surface area contributed by atoms with Crippen LogP contribution in [0, 0.1) is 5.82 Å². The number of benzene rings is 1. The van der Waals surface area contributed by atoms with Crippen LogP contribution < -0.4 is 10.6 Å². The van der Waals surface area contributed by atoms with Crippen molar-refractivity contribution in [3.05, 3.63) is 35.6 Å². The monoisotopic (exact) mass is 222 g/mol. The SMILES string of the molecule is CC(NC(=O)NC1CC1)c1ccccc1F. The van der Waals surface area contributed by atoms with Crippen LogP contribution in [0.25, 0.3) is 0 Å². The second-order valence-electron chi connectivity index (χ2n) is 4.14. The Labute approximate surface area is 94.0 Å². The Balaban J connectivity index is 1.93. The fourth-order valence-corrected chi connectivity index (χ4v) is 1.56. The molecule has 0 radical (unpaired) electrons. The predicted octanol–water partition coefficient (Wildman–Crippen LogP) is 2.35. The lowest BCUT2D eigenvalue weighted by molar-refractivity contribution is 0.237. The first-order chi connectivity index (χ1) is 7.66. The maximum Gasteiger partial charge on any atom is 0.315 e. The minimum atomic E-state index is -0.319. The van der Waals surface area contributed by atoms with E-state index in [1.807, 2.05) is 0 Å². The van der Waals surface area contributed by atoms with E-state index in [0.29, 0.717) is 11.6 Å².